The molecule has 1 aliphatic heterocycles. The second-order valence-corrected chi connectivity index (χ2v) is 9.70. The molecule has 0 spiro atoms. The van der Waals surface area contributed by atoms with Gasteiger partial charge in [-0.3, -0.25) is 14.5 Å². The third kappa shape index (κ3) is 6.40. The van der Waals surface area contributed by atoms with Crippen LogP contribution in [0.5, 0.6) is 0 Å². The van der Waals surface area contributed by atoms with E-state index in [0.29, 0.717) is 32.5 Å². The lowest BCUT2D eigenvalue weighted by molar-refractivity contribution is -0.122. The Labute approximate surface area is 191 Å². The molecule has 0 saturated carbocycles. The molecule has 1 amide bonds. The number of thioether (sulfide) groups is 1. The van der Waals surface area contributed by atoms with Crippen molar-refractivity contribution in [1.82, 2.24) is 9.47 Å². The molecule has 0 atom stereocenters. The molecule has 1 saturated heterocycles. The van der Waals surface area contributed by atoms with Crippen LogP contribution in [-0.4, -0.2) is 26.2 Å². The number of likely N-dealkylation sites (N-methyl/N-ethyl adjacent to an activating group) is 1. The summed E-state index contributed by atoms with van der Waals surface area (Å²) in [5.74, 6) is 0.718. The highest BCUT2D eigenvalue weighted by atomic mass is 32.2. The average molecular weight is 463 g/mol. The fourth-order valence-electron chi connectivity index (χ4n) is 2.51. The molecule has 2 rings (SSSR count). The van der Waals surface area contributed by atoms with E-state index in [9.17, 15) is 9.59 Å². The molecule has 1 aromatic heterocycles. The van der Waals surface area contributed by atoms with Gasteiger partial charge in [0.05, 0.1) is 22.1 Å². The second-order valence-electron chi connectivity index (χ2n) is 7.00. The Balaban J connectivity index is 0.000000311. The minimum Gasteiger partial charge on any atom is -0.307 e. The monoisotopic (exact) mass is 462 g/mol. The summed E-state index contributed by atoms with van der Waals surface area (Å²) in [4.78, 5) is 29.2. The number of nitriles is 1. The van der Waals surface area contributed by atoms with E-state index in [4.69, 9.17) is 24.1 Å². The van der Waals surface area contributed by atoms with Crippen molar-refractivity contribution in [3.05, 3.63) is 41.9 Å². The molecule has 0 radical (unpaired) electrons. The van der Waals surface area contributed by atoms with E-state index in [-0.39, 0.29) is 23.1 Å². The fraction of sp³-hybridized carbons (Fsp3) is 0.476. The van der Waals surface area contributed by atoms with Crippen LogP contribution in [0, 0.1) is 29.7 Å². The fourth-order valence-corrected chi connectivity index (χ4v) is 5.30. The number of aromatic nitrogens is 1. The van der Waals surface area contributed by atoms with Crippen LogP contribution in [0.1, 0.15) is 41.5 Å². The van der Waals surface area contributed by atoms with E-state index < -0.39 is 0 Å². The second kappa shape index (κ2) is 11.8. The molecular weight excluding hydrogens is 436 g/mol. The lowest BCUT2D eigenvalue weighted by Gasteiger charge is -2.09. The number of carbonyl (C=O) groups is 1. The predicted octanol–water partition coefficient (Wildman–Crippen LogP) is 3.32. The van der Waals surface area contributed by atoms with Crippen LogP contribution < -0.4 is 14.8 Å². The van der Waals surface area contributed by atoms with Gasteiger partial charge in [0.15, 0.2) is 0 Å². The first-order valence-corrected chi connectivity index (χ1v) is 11.6. The van der Waals surface area contributed by atoms with Crippen LogP contribution >= 0.6 is 35.3 Å². The number of rotatable bonds is 4. The maximum absolute atomic E-state index is 12.0. The summed E-state index contributed by atoms with van der Waals surface area (Å²) in [6.07, 6.45) is 3.83. The third-order valence-electron chi connectivity index (χ3n) is 3.80. The molecule has 6 nitrogen and oxygen atoms in total. The molecule has 1 aromatic rings. The number of amides is 1. The molecule has 0 unspecified atom stereocenters. The first-order chi connectivity index (χ1) is 14.1. The Morgan fingerprint density at radius 2 is 1.80 bits per heavy atom. The number of carbonyl (C=O) groups excluding carboxylic acids is 1. The highest BCUT2D eigenvalue weighted by molar-refractivity contribution is 8.26. The highest BCUT2D eigenvalue weighted by Crippen LogP contribution is 2.31. The zero-order chi connectivity index (χ0) is 23.0. The van der Waals surface area contributed by atoms with Crippen LogP contribution in [0.25, 0.3) is 16.6 Å². The largest absolute Gasteiger partial charge is 0.307 e. The van der Waals surface area contributed by atoms with Gasteiger partial charge in [0.1, 0.15) is 8.98 Å². The average Bonchev–Trinajstić information content (AvgIpc) is 3.11. The Hall–Kier alpha value is -2.20. The zero-order valence-corrected chi connectivity index (χ0v) is 20.5. The molecular formula is C21H26N4O2S3. The summed E-state index contributed by atoms with van der Waals surface area (Å²) in [6.45, 7) is 19.9. The summed E-state index contributed by atoms with van der Waals surface area (Å²) >= 11 is 7.70. The van der Waals surface area contributed by atoms with Gasteiger partial charge >= 0.3 is 0 Å². The van der Waals surface area contributed by atoms with E-state index in [0.717, 1.165) is 4.91 Å². The minimum atomic E-state index is -0.113. The molecule has 1 fully saturated rings. The van der Waals surface area contributed by atoms with Gasteiger partial charge < -0.3 is 4.57 Å². The van der Waals surface area contributed by atoms with Crippen LogP contribution in [-0.2, 0) is 11.3 Å². The normalized spacial score (nSPS) is 16.7. The van der Waals surface area contributed by atoms with Crippen LogP contribution in [0.2, 0.25) is 0 Å². The van der Waals surface area contributed by atoms with Crippen molar-refractivity contribution in [3.8, 4) is 6.07 Å². The Morgan fingerprint density at radius 3 is 2.20 bits per heavy atom. The van der Waals surface area contributed by atoms with Crippen molar-refractivity contribution in [2.45, 2.75) is 48.1 Å². The standard InChI is InChI=1S/C12H13N3OS.C9H13NOS2/c1-5-15-11(16)10(6-8(2)3)17-12(15)9(7-13)14-4;1-4-10-8(11)7(5-6(2)3)13-9(10)12/h6,8H,5H2,1-3H3;5-6H,4H2,1-3H3/b10-6+,12-9+;7-5+. The number of hydrogen-bond donors (Lipinski definition) is 0. The van der Waals surface area contributed by atoms with Crippen LogP contribution in [0.4, 0.5) is 0 Å². The minimum absolute atomic E-state index is 0.0163. The number of thiazole rings is 1. The topological polar surface area (TPSA) is 70.5 Å². The van der Waals surface area contributed by atoms with Gasteiger partial charge in [-0.2, -0.15) is 0 Å². The number of thiocarbonyl (C=S) groups is 1. The Kier molecular flexibility index (Phi) is 10.2. The Bertz CT molecular complexity index is 1080. The van der Waals surface area contributed by atoms with Crippen molar-refractivity contribution in [2.24, 2.45) is 11.8 Å². The summed E-state index contributed by atoms with van der Waals surface area (Å²) in [7, 11) is 0. The molecule has 30 heavy (non-hydrogen) atoms. The number of allylic oxidation sites excluding steroid dienone is 1. The maximum atomic E-state index is 12.0. The van der Waals surface area contributed by atoms with Gasteiger partial charge in [-0.15, -0.1) is 11.3 Å². The summed E-state index contributed by atoms with van der Waals surface area (Å²) in [5, 5.41) is 8.86. The number of hydrogen-bond acceptors (Lipinski definition) is 6. The summed E-state index contributed by atoms with van der Waals surface area (Å²) in [6, 6.07) is 1.84. The van der Waals surface area contributed by atoms with Crippen LogP contribution in [0.15, 0.2) is 15.8 Å². The van der Waals surface area contributed by atoms with Crippen molar-refractivity contribution >= 4 is 57.3 Å². The van der Waals surface area contributed by atoms with E-state index in [2.05, 4.69) is 18.7 Å². The molecule has 0 N–H and O–H groups in total. The van der Waals surface area contributed by atoms with E-state index in [1.165, 1.54) is 27.7 Å². The zero-order valence-electron chi connectivity index (χ0n) is 18.1. The van der Waals surface area contributed by atoms with Gasteiger partial charge in [0.25, 0.3) is 17.2 Å². The number of nitrogens with zero attached hydrogens (tertiary/aromatic N) is 4. The maximum Gasteiger partial charge on any atom is 0.294 e. The Morgan fingerprint density at radius 1 is 1.20 bits per heavy atom. The van der Waals surface area contributed by atoms with Gasteiger partial charge in [0, 0.05) is 13.1 Å². The van der Waals surface area contributed by atoms with E-state index in [1.807, 2.05) is 45.9 Å². The van der Waals surface area contributed by atoms with Gasteiger partial charge in [-0.25, -0.2) is 10.1 Å². The molecule has 1 aliphatic rings. The SMILES string of the molecule is CCN1C(=O)/C(=C\C(C)C)SC1=S.[C-]#[N+]/C(C#N)=c1/s/c(=C/C(C)C)c(=O)n1CC. The lowest BCUT2D eigenvalue weighted by Crippen LogP contribution is -2.31. The molecule has 2 heterocycles. The molecule has 0 bridgehead atoms. The summed E-state index contributed by atoms with van der Waals surface area (Å²) in [5.41, 5.74) is -0.130. The lowest BCUT2D eigenvalue weighted by atomic mass is 10.2. The van der Waals surface area contributed by atoms with Gasteiger partial charge in [-0.05, 0) is 25.7 Å². The quantitative estimate of drug-likeness (QED) is 0.390. The third-order valence-corrected chi connectivity index (χ3v) is 6.34. The van der Waals surface area contributed by atoms with Crippen molar-refractivity contribution in [3.63, 3.8) is 0 Å². The molecule has 9 heteroatoms. The first-order valence-electron chi connectivity index (χ1n) is 9.59. The predicted molar refractivity (Wildman–Crippen MR) is 129 cm³/mol. The van der Waals surface area contributed by atoms with Gasteiger partial charge in [0.2, 0.25) is 0 Å². The van der Waals surface area contributed by atoms with Crippen molar-refractivity contribution < 1.29 is 4.79 Å². The van der Waals surface area contributed by atoms with Crippen LogP contribution in [0.3, 0.4) is 0 Å². The van der Waals surface area contributed by atoms with E-state index in [1.54, 1.807) is 4.90 Å². The van der Waals surface area contributed by atoms with E-state index >= 15 is 0 Å². The van der Waals surface area contributed by atoms with Crippen molar-refractivity contribution in [1.29, 1.82) is 5.26 Å². The first kappa shape index (κ1) is 25.8. The molecule has 0 aliphatic carbocycles. The summed E-state index contributed by atoms with van der Waals surface area (Å²) < 4.78 is 3.23. The smallest absolute Gasteiger partial charge is 0.294 e. The van der Waals surface area contributed by atoms with Crippen molar-refractivity contribution in [2.75, 3.05) is 6.54 Å². The molecule has 160 valence electrons. The molecule has 0 aromatic carbocycles. The highest BCUT2D eigenvalue weighted by Gasteiger charge is 2.30. The van der Waals surface area contributed by atoms with Gasteiger partial charge in [-0.1, -0.05) is 63.8 Å².